The van der Waals surface area contributed by atoms with Crippen LogP contribution in [-0.2, 0) is 13.2 Å². The molecule has 6 nitrogen and oxygen atoms in total. The van der Waals surface area contributed by atoms with Gasteiger partial charge in [-0.2, -0.15) is 18.3 Å². The van der Waals surface area contributed by atoms with Gasteiger partial charge < -0.3 is 0 Å². The van der Waals surface area contributed by atoms with Gasteiger partial charge >= 0.3 is 6.18 Å². The Kier molecular flexibility index (Phi) is 3.52. The maximum atomic E-state index is 13.1. The first-order valence-electron chi connectivity index (χ1n) is 7.34. The van der Waals surface area contributed by atoms with Crippen LogP contribution in [0.2, 0.25) is 5.15 Å². The Bertz CT molecular complexity index is 1230. The van der Waals surface area contributed by atoms with Crippen molar-refractivity contribution < 1.29 is 13.2 Å². The maximum absolute atomic E-state index is 13.1. The molecule has 0 radical (unpaired) electrons. The molecule has 0 spiro atoms. The van der Waals surface area contributed by atoms with Gasteiger partial charge in [-0.15, -0.1) is 0 Å². The van der Waals surface area contributed by atoms with E-state index in [4.69, 9.17) is 11.6 Å². The van der Waals surface area contributed by atoms with Crippen LogP contribution in [0.5, 0.6) is 0 Å². The average molecular weight is 380 g/mol. The highest BCUT2D eigenvalue weighted by atomic mass is 35.5. The fourth-order valence-electron chi connectivity index (χ4n) is 2.80. The molecule has 0 saturated heterocycles. The highest BCUT2D eigenvalue weighted by molar-refractivity contribution is 6.31. The number of hydrogen-bond acceptors (Lipinski definition) is 4. The summed E-state index contributed by atoms with van der Waals surface area (Å²) in [6.07, 6.45) is -1.69. The van der Waals surface area contributed by atoms with Crippen molar-refractivity contribution in [2.24, 2.45) is 7.05 Å². The van der Waals surface area contributed by atoms with Crippen molar-refractivity contribution in [1.82, 2.24) is 24.3 Å². The van der Waals surface area contributed by atoms with Crippen molar-refractivity contribution in [2.45, 2.75) is 6.18 Å². The lowest BCUT2D eigenvalue weighted by atomic mass is 10.1. The van der Waals surface area contributed by atoms with Crippen LogP contribution in [0.4, 0.5) is 13.2 Å². The van der Waals surface area contributed by atoms with Crippen molar-refractivity contribution in [2.75, 3.05) is 0 Å². The Hall–Kier alpha value is -2.94. The quantitative estimate of drug-likeness (QED) is 0.476. The van der Waals surface area contributed by atoms with Gasteiger partial charge in [0.25, 0.3) is 5.56 Å². The van der Waals surface area contributed by atoms with Gasteiger partial charge in [0.05, 0.1) is 5.69 Å². The molecular formula is C16H9ClF3N5O. The van der Waals surface area contributed by atoms with Gasteiger partial charge in [0.15, 0.2) is 10.7 Å². The van der Waals surface area contributed by atoms with Crippen molar-refractivity contribution in [3.05, 3.63) is 57.9 Å². The molecule has 4 rings (SSSR count). The summed E-state index contributed by atoms with van der Waals surface area (Å²) < 4.78 is 41.9. The Balaban J connectivity index is 2.24. The van der Waals surface area contributed by atoms with Crippen LogP contribution in [0.25, 0.3) is 27.6 Å². The lowest BCUT2D eigenvalue weighted by molar-refractivity contribution is -0.141. The van der Waals surface area contributed by atoms with E-state index in [9.17, 15) is 18.0 Å². The topological polar surface area (TPSA) is 65.6 Å². The SMILES string of the molecule is Cn1cc2c(n1)c(=O)n(-c1cccnc1Cl)c1nc(C(F)(F)F)ccc21. The van der Waals surface area contributed by atoms with Gasteiger partial charge in [-0.3, -0.25) is 14.0 Å². The van der Waals surface area contributed by atoms with Gasteiger partial charge in [0.2, 0.25) is 0 Å². The van der Waals surface area contributed by atoms with Gasteiger partial charge in [-0.1, -0.05) is 11.6 Å². The predicted molar refractivity (Wildman–Crippen MR) is 89.4 cm³/mol. The van der Waals surface area contributed by atoms with Crippen LogP contribution in [0.1, 0.15) is 5.69 Å². The molecule has 0 aliphatic heterocycles. The first-order chi connectivity index (χ1) is 12.3. The number of hydrogen-bond donors (Lipinski definition) is 0. The second kappa shape index (κ2) is 5.53. The van der Waals surface area contributed by atoms with E-state index in [1.807, 2.05) is 0 Å². The number of aryl methyl sites for hydroxylation is 1. The fraction of sp³-hybridized carbons (Fsp3) is 0.125. The molecule has 0 fully saturated rings. The van der Waals surface area contributed by atoms with E-state index in [-0.39, 0.29) is 22.0 Å². The lowest BCUT2D eigenvalue weighted by Gasteiger charge is -2.13. The van der Waals surface area contributed by atoms with Crippen molar-refractivity contribution >= 4 is 33.5 Å². The zero-order valence-electron chi connectivity index (χ0n) is 13.1. The number of fused-ring (bicyclic) bond motifs is 3. The predicted octanol–water partition coefficient (Wildman–Crippen LogP) is 3.34. The van der Waals surface area contributed by atoms with E-state index >= 15 is 0 Å². The minimum absolute atomic E-state index is 0.0367. The summed E-state index contributed by atoms with van der Waals surface area (Å²) in [5, 5.41) is 4.84. The van der Waals surface area contributed by atoms with E-state index < -0.39 is 17.4 Å². The van der Waals surface area contributed by atoms with Gasteiger partial charge in [0, 0.05) is 30.2 Å². The van der Waals surface area contributed by atoms with E-state index in [1.165, 1.54) is 29.1 Å². The van der Waals surface area contributed by atoms with Crippen LogP contribution in [0, 0.1) is 0 Å². The van der Waals surface area contributed by atoms with E-state index in [1.54, 1.807) is 13.2 Å². The first kappa shape index (κ1) is 16.5. The number of rotatable bonds is 1. The van der Waals surface area contributed by atoms with Crippen molar-refractivity contribution in [3.63, 3.8) is 0 Å². The maximum Gasteiger partial charge on any atom is 0.433 e. The summed E-state index contributed by atoms with van der Waals surface area (Å²) in [5.74, 6) is 0. The third kappa shape index (κ3) is 2.43. The molecule has 0 atom stereocenters. The van der Waals surface area contributed by atoms with Crippen molar-refractivity contribution in [3.8, 4) is 5.69 Å². The lowest BCUT2D eigenvalue weighted by Crippen LogP contribution is -2.22. The van der Waals surface area contributed by atoms with E-state index in [0.717, 1.165) is 10.6 Å². The number of halogens is 4. The summed E-state index contributed by atoms with van der Waals surface area (Å²) >= 11 is 6.07. The molecular weight excluding hydrogens is 371 g/mol. The number of pyridine rings is 3. The Morgan fingerprint density at radius 2 is 1.92 bits per heavy atom. The Labute approximate surface area is 148 Å². The largest absolute Gasteiger partial charge is 0.433 e. The zero-order valence-corrected chi connectivity index (χ0v) is 13.9. The molecule has 0 N–H and O–H groups in total. The number of nitrogens with zero attached hydrogens (tertiary/aromatic N) is 5. The number of alkyl halides is 3. The third-order valence-corrected chi connectivity index (χ3v) is 4.17. The molecule has 0 aliphatic rings. The summed E-state index contributed by atoms with van der Waals surface area (Å²) in [7, 11) is 1.62. The molecule has 0 bridgehead atoms. The molecule has 0 unspecified atom stereocenters. The van der Waals surface area contributed by atoms with Crippen LogP contribution in [-0.4, -0.2) is 24.3 Å². The second-order valence-electron chi connectivity index (χ2n) is 5.58. The summed E-state index contributed by atoms with van der Waals surface area (Å²) in [6, 6.07) is 5.15. The highest BCUT2D eigenvalue weighted by Crippen LogP contribution is 2.31. The number of aromatic nitrogens is 5. The molecule has 0 aromatic carbocycles. The third-order valence-electron chi connectivity index (χ3n) is 3.88. The minimum Gasteiger partial charge on any atom is -0.274 e. The summed E-state index contributed by atoms with van der Waals surface area (Å²) in [5.41, 5.74) is -1.68. The summed E-state index contributed by atoms with van der Waals surface area (Å²) in [6.45, 7) is 0. The smallest absolute Gasteiger partial charge is 0.274 e. The molecule has 4 heterocycles. The molecule has 26 heavy (non-hydrogen) atoms. The van der Waals surface area contributed by atoms with Gasteiger partial charge in [0.1, 0.15) is 11.3 Å². The Morgan fingerprint density at radius 3 is 2.62 bits per heavy atom. The first-order valence-corrected chi connectivity index (χ1v) is 7.72. The monoisotopic (exact) mass is 379 g/mol. The molecule has 4 aromatic heterocycles. The average Bonchev–Trinajstić information content (AvgIpc) is 2.97. The normalized spacial score (nSPS) is 12.2. The molecule has 132 valence electrons. The zero-order chi connectivity index (χ0) is 18.6. The van der Waals surface area contributed by atoms with Crippen LogP contribution >= 0.6 is 11.6 Å². The minimum atomic E-state index is -4.66. The standard InChI is InChI=1S/C16H9ClF3N5O/c1-24-7-9-8-4-5-11(16(18,19)20)22-14(8)25(15(26)12(9)23-24)10-3-2-6-21-13(10)17/h2-7H,1H3. The van der Waals surface area contributed by atoms with E-state index in [2.05, 4.69) is 15.1 Å². The molecule has 0 aliphatic carbocycles. The molecule has 0 saturated carbocycles. The second-order valence-corrected chi connectivity index (χ2v) is 5.94. The fourth-order valence-corrected chi connectivity index (χ4v) is 3.00. The van der Waals surface area contributed by atoms with Crippen molar-refractivity contribution in [1.29, 1.82) is 0 Å². The molecule has 0 amide bonds. The highest BCUT2D eigenvalue weighted by Gasteiger charge is 2.33. The van der Waals surface area contributed by atoms with Gasteiger partial charge in [-0.25, -0.2) is 9.97 Å². The van der Waals surface area contributed by atoms with E-state index in [0.29, 0.717) is 10.8 Å². The van der Waals surface area contributed by atoms with Crippen LogP contribution in [0.3, 0.4) is 0 Å². The molecule has 4 aromatic rings. The van der Waals surface area contributed by atoms with Crippen LogP contribution < -0.4 is 5.56 Å². The van der Waals surface area contributed by atoms with Crippen LogP contribution in [0.15, 0.2) is 41.5 Å². The summed E-state index contributed by atoms with van der Waals surface area (Å²) in [4.78, 5) is 20.5. The molecule has 10 heteroatoms. The Morgan fingerprint density at radius 1 is 1.15 bits per heavy atom. The van der Waals surface area contributed by atoms with Gasteiger partial charge in [-0.05, 0) is 24.3 Å².